The molecule has 0 saturated carbocycles. The molecule has 6 aromatic rings. The second-order valence-corrected chi connectivity index (χ2v) is 10.1. The molecule has 1 saturated heterocycles. The number of aromatic hydroxyl groups is 1. The molecule has 39 heavy (non-hydrogen) atoms. The monoisotopic (exact) mass is 519 g/mol. The molecule has 4 aromatic heterocycles. The lowest BCUT2D eigenvalue weighted by atomic mass is 10.0. The molecule has 0 atom stereocenters. The van der Waals surface area contributed by atoms with Gasteiger partial charge in [-0.05, 0) is 73.5 Å². The van der Waals surface area contributed by atoms with Crippen LogP contribution in [0.5, 0.6) is 5.75 Å². The predicted octanol–water partition coefficient (Wildman–Crippen LogP) is 6.06. The Morgan fingerprint density at radius 3 is 2.64 bits per heavy atom. The number of benzene rings is 2. The topological polar surface area (TPSA) is 107 Å². The first kappa shape index (κ1) is 23.5. The number of rotatable bonds is 5. The molecule has 3 N–H and O–H groups in total. The van der Waals surface area contributed by atoms with Crippen LogP contribution in [0, 0.1) is 5.82 Å². The standard InChI is InChI=1S/C30H26FN7O/c31-22-11-20(12-23(39)14-22)27-29-26(6-7-33-27)34-30(35-29)28-24-13-19(4-5-25(24)36-37-28)21-10-18(15-32-16-21)17-38-8-2-1-3-9-38/h4-7,10-16,39H,1-3,8-9,17H2,(H,34,35)(H,36,37). The van der Waals surface area contributed by atoms with E-state index >= 15 is 0 Å². The van der Waals surface area contributed by atoms with E-state index < -0.39 is 5.82 Å². The van der Waals surface area contributed by atoms with E-state index in [1.165, 1.54) is 37.0 Å². The highest BCUT2D eigenvalue weighted by molar-refractivity contribution is 5.97. The van der Waals surface area contributed by atoms with Crippen molar-refractivity contribution in [3.63, 3.8) is 0 Å². The van der Waals surface area contributed by atoms with Crippen LogP contribution in [0.25, 0.3) is 55.8 Å². The summed E-state index contributed by atoms with van der Waals surface area (Å²) in [5, 5.41) is 18.5. The smallest absolute Gasteiger partial charge is 0.159 e. The quantitative estimate of drug-likeness (QED) is 0.256. The molecule has 194 valence electrons. The number of nitrogens with one attached hydrogen (secondary N) is 2. The number of aromatic nitrogens is 6. The number of pyridine rings is 2. The Balaban J connectivity index is 1.26. The molecule has 5 heterocycles. The van der Waals surface area contributed by atoms with Gasteiger partial charge in [0.05, 0.1) is 16.7 Å². The number of imidazole rings is 1. The summed E-state index contributed by atoms with van der Waals surface area (Å²) in [7, 11) is 0. The molecule has 7 rings (SSSR count). The van der Waals surface area contributed by atoms with Crippen molar-refractivity contribution in [3.8, 4) is 39.7 Å². The molecule has 9 heteroatoms. The van der Waals surface area contributed by atoms with Gasteiger partial charge in [0.25, 0.3) is 0 Å². The zero-order valence-electron chi connectivity index (χ0n) is 21.2. The number of hydrogen-bond donors (Lipinski definition) is 3. The summed E-state index contributed by atoms with van der Waals surface area (Å²) in [6.07, 6.45) is 9.33. The molecule has 0 unspecified atom stereocenters. The highest BCUT2D eigenvalue weighted by atomic mass is 19.1. The minimum atomic E-state index is -0.542. The molecule has 0 spiro atoms. The summed E-state index contributed by atoms with van der Waals surface area (Å²) < 4.78 is 14.0. The molecule has 1 fully saturated rings. The van der Waals surface area contributed by atoms with E-state index in [9.17, 15) is 9.50 Å². The summed E-state index contributed by atoms with van der Waals surface area (Å²) in [4.78, 5) is 19.6. The van der Waals surface area contributed by atoms with Crippen LogP contribution in [0.2, 0.25) is 0 Å². The fraction of sp³-hybridized carbons (Fsp3) is 0.200. The lowest BCUT2D eigenvalue weighted by molar-refractivity contribution is 0.220. The van der Waals surface area contributed by atoms with Crippen LogP contribution < -0.4 is 0 Å². The summed E-state index contributed by atoms with van der Waals surface area (Å²) in [5.74, 6) is -0.139. The lowest BCUT2D eigenvalue weighted by Crippen LogP contribution is -2.29. The van der Waals surface area contributed by atoms with E-state index in [4.69, 9.17) is 4.98 Å². The summed E-state index contributed by atoms with van der Waals surface area (Å²) in [5.41, 5.74) is 7.10. The first-order chi connectivity index (χ1) is 19.1. The van der Waals surface area contributed by atoms with Crippen molar-refractivity contribution < 1.29 is 9.50 Å². The van der Waals surface area contributed by atoms with Gasteiger partial charge in [-0.2, -0.15) is 5.10 Å². The number of fused-ring (bicyclic) bond motifs is 2. The zero-order chi connectivity index (χ0) is 26.3. The van der Waals surface area contributed by atoms with E-state index in [1.807, 2.05) is 24.5 Å². The summed E-state index contributed by atoms with van der Waals surface area (Å²) in [6, 6.07) is 14.1. The second kappa shape index (κ2) is 9.59. The van der Waals surface area contributed by atoms with Crippen LogP contribution in [0.4, 0.5) is 4.39 Å². The largest absolute Gasteiger partial charge is 0.508 e. The number of halogens is 1. The van der Waals surface area contributed by atoms with Crippen molar-refractivity contribution in [3.05, 3.63) is 78.5 Å². The number of likely N-dealkylation sites (tertiary alicyclic amines) is 1. The number of phenols is 1. The summed E-state index contributed by atoms with van der Waals surface area (Å²) >= 11 is 0. The molecule has 0 bridgehead atoms. The number of H-pyrrole nitrogens is 2. The Morgan fingerprint density at radius 1 is 0.872 bits per heavy atom. The van der Waals surface area contributed by atoms with Gasteiger partial charge < -0.3 is 10.1 Å². The Bertz CT molecular complexity index is 1800. The van der Waals surface area contributed by atoms with Crippen molar-refractivity contribution in [2.75, 3.05) is 13.1 Å². The first-order valence-corrected chi connectivity index (χ1v) is 13.1. The van der Waals surface area contributed by atoms with Gasteiger partial charge in [0.2, 0.25) is 0 Å². The van der Waals surface area contributed by atoms with Gasteiger partial charge in [-0.25, -0.2) is 9.37 Å². The third kappa shape index (κ3) is 4.51. The number of aromatic amines is 2. The normalized spacial score (nSPS) is 14.4. The maximum Gasteiger partial charge on any atom is 0.159 e. The van der Waals surface area contributed by atoms with Crippen LogP contribution in [0.3, 0.4) is 0 Å². The number of nitrogens with zero attached hydrogens (tertiary/aromatic N) is 5. The number of piperidine rings is 1. The van der Waals surface area contributed by atoms with Crippen LogP contribution in [0.15, 0.2) is 67.1 Å². The number of hydrogen-bond acceptors (Lipinski definition) is 6. The van der Waals surface area contributed by atoms with E-state index in [0.29, 0.717) is 28.3 Å². The molecule has 0 aliphatic carbocycles. The van der Waals surface area contributed by atoms with E-state index in [1.54, 1.807) is 6.20 Å². The van der Waals surface area contributed by atoms with Crippen LogP contribution in [0.1, 0.15) is 24.8 Å². The highest BCUT2D eigenvalue weighted by Gasteiger charge is 2.18. The van der Waals surface area contributed by atoms with Gasteiger partial charge in [-0.15, -0.1) is 0 Å². The average Bonchev–Trinajstić information content (AvgIpc) is 3.57. The maximum atomic E-state index is 14.0. The Kier molecular flexibility index (Phi) is 5.78. The van der Waals surface area contributed by atoms with Crippen molar-refractivity contribution in [2.45, 2.75) is 25.8 Å². The van der Waals surface area contributed by atoms with Crippen LogP contribution >= 0.6 is 0 Å². The van der Waals surface area contributed by atoms with E-state index in [0.717, 1.165) is 53.2 Å². The Labute approximate surface area is 223 Å². The fourth-order valence-corrected chi connectivity index (χ4v) is 5.45. The van der Waals surface area contributed by atoms with Crippen LogP contribution in [-0.2, 0) is 6.54 Å². The minimum absolute atomic E-state index is 0.167. The SMILES string of the molecule is Oc1cc(F)cc(-c2nccc3[nH]c(-c4n[nH]c5ccc(-c6cncc(CN7CCCCC7)c6)cc45)nc23)c1. The van der Waals surface area contributed by atoms with Gasteiger partial charge in [0.15, 0.2) is 5.82 Å². The summed E-state index contributed by atoms with van der Waals surface area (Å²) in [6.45, 7) is 3.20. The van der Waals surface area contributed by atoms with Crippen molar-refractivity contribution in [1.82, 2.24) is 35.0 Å². The molecule has 1 aliphatic rings. The average molecular weight is 520 g/mol. The molecule has 0 amide bonds. The van der Waals surface area contributed by atoms with Crippen molar-refractivity contribution in [1.29, 1.82) is 0 Å². The van der Waals surface area contributed by atoms with Crippen molar-refractivity contribution in [2.24, 2.45) is 0 Å². The molecule has 0 radical (unpaired) electrons. The number of phenolic OH excluding ortho intramolecular Hbond substituents is 1. The lowest BCUT2D eigenvalue weighted by Gasteiger charge is -2.26. The second-order valence-electron chi connectivity index (χ2n) is 10.1. The molecule has 2 aromatic carbocycles. The minimum Gasteiger partial charge on any atom is -0.508 e. The maximum absolute atomic E-state index is 14.0. The fourth-order valence-electron chi connectivity index (χ4n) is 5.45. The van der Waals surface area contributed by atoms with Gasteiger partial charge in [-0.1, -0.05) is 12.5 Å². The third-order valence-corrected chi connectivity index (χ3v) is 7.33. The molecular weight excluding hydrogens is 493 g/mol. The Morgan fingerprint density at radius 2 is 1.77 bits per heavy atom. The predicted molar refractivity (Wildman–Crippen MR) is 148 cm³/mol. The van der Waals surface area contributed by atoms with Crippen molar-refractivity contribution >= 4 is 21.9 Å². The van der Waals surface area contributed by atoms with E-state index in [2.05, 4.69) is 48.2 Å². The van der Waals surface area contributed by atoms with Crippen LogP contribution in [-0.4, -0.2) is 53.2 Å². The van der Waals surface area contributed by atoms with Gasteiger partial charge in [-0.3, -0.25) is 20.0 Å². The van der Waals surface area contributed by atoms with Gasteiger partial charge in [0, 0.05) is 47.7 Å². The van der Waals surface area contributed by atoms with Gasteiger partial charge in [0.1, 0.15) is 22.8 Å². The molecule has 1 aliphatic heterocycles. The Hall–Kier alpha value is -4.63. The molecular formula is C30H26FN7O. The van der Waals surface area contributed by atoms with E-state index in [-0.39, 0.29) is 5.75 Å². The van der Waals surface area contributed by atoms with Gasteiger partial charge >= 0.3 is 0 Å². The third-order valence-electron chi connectivity index (χ3n) is 7.33. The zero-order valence-corrected chi connectivity index (χ0v) is 21.2. The molecule has 8 nitrogen and oxygen atoms in total. The first-order valence-electron chi connectivity index (χ1n) is 13.1. The highest BCUT2D eigenvalue weighted by Crippen LogP contribution is 2.33.